The van der Waals surface area contributed by atoms with Crippen LogP contribution in [0.1, 0.15) is 15.9 Å². The molecule has 0 spiro atoms. The smallest absolute Gasteiger partial charge is 0.337 e. The van der Waals surface area contributed by atoms with Crippen LogP contribution in [0.15, 0.2) is 36.4 Å². The zero-order valence-electron chi connectivity index (χ0n) is 11.2. The van der Waals surface area contributed by atoms with E-state index in [2.05, 4.69) is 0 Å². The quantitative estimate of drug-likeness (QED) is 0.844. The molecule has 0 heterocycles. The third-order valence-electron chi connectivity index (χ3n) is 3.20. The summed E-state index contributed by atoms with van der Waals surface area (Å²) in [6.45, 7) is 1.75. The highest BCUT2D eigenvalue weighted by Gasteiger charge is 2.14. The maximum absolute atomic E-state index is 12.9. The summed E-state index contributed by atoms with van der Waals surface area (Å²) in [5, 5.41) is 9.16. The fraction of sp³-hybridized carbons (Fsp3) is 0.133. The average Bonchev–Trinajstić information content (AvgIpc) is 2.41. The van der Waals surface area contributed by atoms with Crippen molar-refractivity contribution in [2.75, 3.05) is 17.7 Å². The highest BCUT2D eigenvalue weighted by molar-refractivity contribution is 5.96. The van der Waals surface area contributed by atoms with Crippen LogP contribution in [0.25, 0.3) is 0 Å². The molecule has 0 aliphatic rings. The van der Waals surface area contributed by atoms with Crippen LogP contribution in [0.5, 0.6) is 0 Å². The van der Waals surface area contributed by atoms with Crippen LogP contribution >= 0.6 is 0 Å². The van der Waals surface area contributed by atoms with Gasteiger partial charge in [-0.25, -0.2) is 9.18 Å². The van der Waals surface area contributed by atoms with Crippen LogP contribution in [0.3, 0.4) is 0 Å². The summed E-state index contributed by atoms with van der Waals surface area (Å²) < 4.78 is 12.9. The number of nitrogens with zero attached hydrogens (tertiary/aromatic N) is 1. The number of aromatic carboxylic acids is 1. The van der Waals surface area contributed by atoms with E-state index in [1.54, 1.807) is 37.1 Å². The molecule has 0 atom stereocenters. The molecule has 104 valence electrons. The fourth-order valence-electron chi connectivity index (χ4n) is 1.96. The number of hydrogen-bond acceptors (Lipinski definition) is 3. The molecule has 0 amide bonds. The summed E-state index contributed by atoms with van der Waals surface area (Å²) in [6.07, 6.45) is 0. The van der Waals surface area contributed by atoms with Gasteiger partial charge in [0.15, 0.2) is 0 Å². The molecular formula is C15H15FN2O2. The fourth-order valence-corrected chi connectivity index (χ4v) is 1.96. The maximum Gasteiger partial charge on any atom is 0.337 e. The average molecular weight is 274 g/mol. The van der Waals surface area contributed by atoms with Gasteiger partial charge in [0.25, 0.3) is 0 Å². The molecule has 2 aromatic rings. The predicted molar refractivity (Wildman–Crippen MR) is 77.0 cm³/mol. The Labute approximate surface area is 116 Å². The number of aryl methyl sites for hydroxylation is 1. The van der Waals surface area contributed by atoms with E-state index in [9.17, 15) is 9.18 Å². The molecule has 0 radical (unpaired) electrons. The lowest BCUT2D eigenvalue weighted by molar-refractivity contribution is 0.0698. The Morgan fingerprint density at radius 3 is 2.35 bits per heavy atom. The number of anilines is 3. The van der Waals surface area contributed by atoms with Crippen LogP contribution in [-0.2, 0) is 0 Å². The second kappa shape index (κ2) is 5.21. The van der Waals surface area contributed by atoms with Crippen LogP contribution in [0.2, 0.25) is 0 Å². The number of carboxylic acid groups (broad SMARTS) is 1. The zero-order valence-corrected chi connectivity index (χ0v) is 11.2. The van der Waals surface area contributed by atoms with Crippen LogP contribution in [0.4, 0.5) is 21.5 Å². The van der Waals surface area contributed by atoms with E-state index in [1.807, 2.05) is 0 Å². The first kappa shape index (κ1) is 13.9. The molecule has 0 aliphatic heterocycles. The Balaban J connectivity index is 2.47. The van der Waals surface area contributed by atoms with Crippen molar-refractivity contribution in [2.24, 2.45) is 0 Å². The third kappa shape index (κ3) is 2.56. The molecule has 0 aliphatic carbocycles. The molecular weight excluding hydrogens is 259 g/mol. The number of carboxylic acids is 1. The topological polar surface area (TPSA) is 66.6 Å². The second-order valence-electron chi connectivity index (χ2n) is 4.56. The van der Waals surface area contributed by atoms with E-state index in [1.165, 1.54) is 18.2 Å². The van der Waals surface area contributed by atoms with Gasteiger partial charge in [0.2, 0.25) is 0 Å². The monoisotopic (exact) mass is 274 g/mol. The van der Waals surface area contributed by atoms with Crippen molar-refractivity contribution < 1.29 is 14.3 Å². The molecule has 0 saturated carbocycles. The molecule has 3 N–H and O–H groups in total. The number of rotatable bonds is 3. The second-order valence-corrected chi connectivity index (χ2v) is 4.56. The molecule has 2 aromatic carbocycles. The number of halogens is 1. The number of carbonyl (C=O) groups is 1. The van der Waals surface area contributed by atoms with E-state index >= 15 is 0 Å². The van der Waals surface area contributed by atoms with Gasteiger partial charge in [-0.15, -0.1) is 0 Å². The molecule has 0 unspecified atom stereocenters. The van der Waals surface area contributed by atoms with Crippen molar-refractivity contribution in [1.29, 1.82) is 0 Å². The maximum atomic E-state index is 12.9. The van der Waals surface area contributed by atoms with Gasteiger partial charge in [-0.3, -0.25) is 0 Å². The minimum atomic E-state index is -1.07. The van der Waals surface area contributed by atoms with Gasteiger partial charge in [-0.05, 0) is 48.9 Å². The minimum absolute atomic E-state index is 0.0639. The summed E-state index contributed by atoms with van der Waals surface area (Å²) in [5.74, 6) is -1.39. The van der Waals surface area contributed by atoms with Gasteiger partial charge in [0, 0.05) is 24.1 Å². The Morgan fingerprint density at radius 2 is 1.80 bits per heavy atom. The third-order valence-corrected chi connectivity index (χ3v) is 3.20. The van der Waals surface area contributed by atoms with E-state index in [0.29, 0.717) is 11.3 Å². The summed E-state index contributed by atoms with van der Waals surface area (Å²) >= 11 is 0. The number of benzene rings is 2. The SMILES string of the molecule is Cc1cc(N(C)c2ccc(F)cc2)cc(C(=O)O)c1N. The summed E-state index contributed by atoms with van der Waals surface area (Å²) in [5.41, 5.74) is 8.21. The molecule has 0 bridgehead atoms. The van der Waals surface area contributed by atoms with Gasteiger partial charge in [-0.1, -0.05) is 0 Å². The first-order valence-corrected chi connectivity index (χ1v) is 6.03. The Morgan fingerprint density at radius 1 is 1.20 bits per heavy atom. The lowest BCUT2D eigenvalue weighted by Gasteiger charge is -2.21. The summed E-state index contributed by atoms with van der Waals surface area (Å²) in [6, 6.07) is 9.27. The standard InChI is InChI=1S/C15H15FN2O2/c1-9-7-12(8-13(14(9)17)15(19)20)18(2)11-5-3-10(16)4-6-11/h3-8H,17H2,1-2H3,(H,19,20). The molecule has 4 nitrogen and oxygen atoms in total. The molecule has 0 fully saturated rings. The van der Waals surface area contributed by atoms with Gasteiger partial charge < -0.3 is 15.7 Å². The zero-order chi connectivity index (χ0) is 14.9. The number of nitrogens with two attached hydrogens (primary N) is 1. The summed E-state index contributed by atoms with van der Waals surface area (Å²) in [7, 11) is 1.78. The van der Waals surface area contributed by atoms with Crippen molar-refractivity contribution in [2.45, 2.75) is 6.92 Å². The highest BCUT2D eigenvalue weighted by atomic mass is 19.1. The Hall–Kier alpha value is -2.56. The van der Waals surface area contributed by atoms with Crippen LogP contribution in [-0.4, -0.2) is 18.1 Å². The van der Waals surface area contributed by atoms with E-state index in [4.69, 9.17) is 10.8 Å². The lowest BCUT2D eigenvalue weighted by Crippen LogP contribution is -2.12. The summed E-state index contributed by atoms with van der Waals surface area (Å²) in [4.78, 5) is 13.0. The Bertz CT molecular complexity index is 654. The van der Waals surface area contributed by atoms with Gasteiger partial charge in [0.05, 0.1) is 5.56 Å². The first-order valence-electron chi connectivity index (χ1n) is 6.03. The molecule has 5 heteroatoms. The molecule has 0 aromatic heterocycles. The van der Waals surface area contributed by atoms with Crippen molar-refractivity contribution in [1.82, 2.24) is 0 Å². The minimum Gasteiger partial charge on any atom is -0.478 e. The highest BCUT2D eigenvalue weighted by Crippen LogP contribution is 2.29. The predicted octanol–water partition coefficient (Wildman–Crippen LogP) is 3.18. The van der Waals surface area contributed by atoms with E-state index in [0.717, 1.165) is 5.69 Å². The first-order chi connectivity index (χ1) is 9.40. The van der Waals surface area contributed by atoms with E-state index in [-0.39, 0.29) is 17.1 Å². The van der Waals surface area contributed by atoms with E-state index < -0.39 is 5.97 Å². The number of hydrogen-bond donors (Lipinski definition) is 2. The van der Waals surface area contributed by atoms with Crippen LogP contribution < -0.4 is 10.6 Å². The molecule has 20 heavy (non-hydrogen) atoms. The van der Waals surface area contributed by atoms with Gasteiger partial charge in [0.1, 0.15) is 5.82 Å². The van der Waals surface area contributed by atoms with Gasteiger partial charge in [-0.2, -0.15) is 0 Å². The van der Waals surface area contributed by atoms with Crippen LogP contribution in [0, 0.1) is 12.7 Å². The number of nitrogen functional groups attached to an aromatic ring is 1. The van der Waals surface area contributed by atoms with Crippen molar-refractivity contribution in [3.05, 3.63) is 53.3 Å². The normalized spacial score (nSPS) is 10.3. The largest absolute Gasteiger partial charge is 0.478 e. The molecule has 2 rings (SSSR count). The van der Waals surface area contributed by atoms with Crippen molar-refractivity contribution >= 4 is 23.0 Å². The van der Waals surface area contributed by atoms with Crippen molar-refractivity contribution in [3.8, 4) is 0 Å². The van der Waals surface area contributed by atoms with Gasteiger partial charge >= 0.3 is 5.97 Å². The molecule has 0 saturated heterocycles. The Kier molecular flexibility index (Phi) is 3.61. The lowest BCUT2D eigenvalue weighted by atomic mass is 10.1. The van der Waals surface area contributed by atoms with Crippen molar-refractivity contribution in [3.63, 3.8) is 0 Å².